The van der Waals surface area contributed by atoms with E-state index in [2.05, 4.69) is 24.4 Å². The number of amides is 1. The van der Waals surface area contributed by atoms with E-state index in [1.54, 1.807) is 7.11 Å². The topological polar surface area (TPSA) is 69.0 Å². The lowest BCUT2D eigenvalue weighted by atomic mass is 10.0. The molecule has 4 aromatic rings. The van der Waals surface area contributed by atoms with E-state index in [1.165, 1.54) is 5.56 Å². The summed E-state index contributed by atoms with van der Waals surface area (Å²) in [5, 5.41) is 8.67. The van der Waals surface area contributed by atoms with Gasteiger partial charge in [-0.1, -0.05) is 35.9 Å². The van der Waals surface area contributed by atoms with Crippen LogP contribution in [0.2, 0.25) is 0 Å². The number of carbonyl (C=O) groups excluding carboxylic acids is 1. The van der Waals surface area contributed by atoms with Crippen LogP contribution in [0.1, 0.15) is 28.8 Å². The molecule has 2 heterocycles. The third-order valence-corrected chi connectivity index (χ3v) is 5.46. The number of hydrogen-bond donors (Lipinski definition) is 1. The summed E-state index contributed by atoms with van der Waals surface area (Å²) in [5.74, 6) is 0.491. The molecule has 158 valence electrons. The first-order valence-electron chi connectivity index (χ1n) is 10.3. The molecule has 0 aliphatic rings. The molecule has 0 atom stereocenters. The van der Waals surface area contributed by atoms with E-state index in [1.807, 2.05) is 61.0 Å². The summed E-state index contributed by atoms with van der Waals surface area (Å²) in [7, 11) is 1.61. The van der Waals surface area contributed by atoms with Gasteiger partial charge in [0.05, 0.1) is 18.5 Å². The van der Waals surface area contributed by atoms with Crippen molar-refractivity contribution in [1.29, 1.82) is 0 Å². The van der Waals surface area contributed by atoms with Gasteiger partial charge < -0.3 is 10.1 Å². The van der Waals surface area contributed by atoms with Gasteiger partial charge in [0.15, 0.2) is 5.65 Å². The van der Waals surface area contributed by atoms with Crippen molar-refractivity contribution in [2.45, 2.75) is 33.6 Å². The highest BCUT2D eigenvalue weighted by atomic mass is 16.5. The highest BCUT2D eigenvalue weighted by molar-refractivity contribution is 5.91. The molecular weight excluding hydrogens is 388 g/mol. The van der Waals surface area contributed by atoms with E-state index in [0.29, 0.717) is 18.7 Å². The summed E-state index contributed by atoms with van der Waals surface area (Å²) in [4.78, 5) is 17.2. The van der Waals surface area contributed by atoms with Crippen molar-refractivity contribution < 1.29 is 9.53 Å². The molecule has 6 heteroatoms. The Balaban J connectivity index is 1.66. The molecule has 0 aliphatic carbocycles. The second-order valence-corrected chi connectivity index (χ2v) is 7.67. The number of rotatable bonds is 6. The van der Waals surface area contributed by atoms with Crippen molar-refractivity contribution in [2.24, 2.45) is 0 Å². The van der Waals surface area contributed by atoms with Crippen molar-refractivity contribution in [2.75, 3.05) is 12.4 Å². The van der Waals surface area contributed by atoms with Gasteiger partial charge in [0.1, 0.15) is 0 Å². The summed E-state index contributed by atoms with van der Waals surface area (Å²) in [6.07, 6.45) is 0.871. The van der Waals surface area contributed by atoms with Gasteiger partial charge in [0.25, 0.3) is 0 Å². The smallest absolute Gasteiger partial charge is 0.224 e. The number of fused-ring (bicyclic) bond motifs is 1. The summed E-state index contributed by atoms with van der Waals surface area (Å²) in [6, 6.07) is 17.7. The van der Waals surface area contributed by atoms with E-state index in [9.17, 15) is 4.79 Å². The van der Waals surface area contributed by atoms with Crippen LogP contribution in [0.25, 0.3) is 16.7 Å². The molecule has 0 saturated carbocycles. The Bertz CT molecular complexity index is 1230. The maximum atomic E-state index is 12.5. The number of pyridine rings is 1. The molecule has 4 rings (SSSR count). The van der Waals surface area contributed by atoms with Crippen molar-refractivity contribution in [3.63, 3.8) is 0 Å². The standard InChI is InChI=1S/C25H26N4O2/c1-16-10-12-20(13-11-16)29-24-23(18(3)28-29)17(2)21(25(27-24)31-4)14-15-22(30)26-19-8-6-5-7-9-19/h5-13H,14-15H2,1-4H3,(H,26,30). The molecule has 0 bridgehead atoms. The fourth-order valence-corrected chi connectivity index (χ4v) is 3.85. The van der Waals surface area contributed by atoms with Gasteiger partial charge in [-0.25, -0.2) is 4.68 Å². The highest BCUT2D eigenvalue weighted by Gasteiger charge is 2.20. The Hall–Kier alpha value is -3.67. The number of nitrogens with one attached hydrogen (secondary N) is 1. The molecule has 0 fully saturated rings. The fraction of sp³-hybridized carbons (Fsp3) is 0.240. The first-order valence-corrected chi connectivity index (χ1v) is 10.3. The van der Waals surface area contributed by atoms with E-state index in [0.717, 1.165) is 39.2 Å². The van der Waals surface area contributed by atoms with Gasteiger partial charge in [0.2, 0.25) is 11.8 Å². The van der Waals surface area contributed by atoms with Crippen LogP contribution in [0.5, 0.6) is 5.88 Å². The number of ether oxygens (including phenoxy) is 1. The lowest BCUT2D eigenvalue weighted by molar-refractivity contribution is -0.116. The molecule has 1 amide bonds. The van der Waals surface area contributed by atoms with Crippen LogP contribution < -0.4 is 10.1 Å². The average Bonchev–Trinajstić information content (AvgIpc) is 3.10. The molecule has 2 aromatic heterocycles. The zero-order valence-electron chi connectivity index (χ0n) is 18.3. The SMILES string of the molecule is COc1nc2c(c(C)nn2-c2ccc(C)cc2)c(C)c1CCC(=O)Nc1ccccc1. The molecule has 0 spiro atoms. The maximum absolute atomic E-state index is 12.5. The second-order valence-electron chi connectivity index (χ2n) is 7.67. The number of methoxy groups -OCH3 is 1. The largest absolute Gasteiger partial charge is 0.481 e. The Labute approximate surface area is 181 Å². The van der Waals surface area contributed by atoms with Crippen LogP contribution in [0, 0.1) is 20.8 Å². The predicted octanol–water partition coefficient (Wildman–Crippen LogP) is 4.93. The lowest BCUT2D eigenvalue weighted by Gasteiger charge is -2.13. The molecule has 0 unspecified atom stereocenters. The normalized spacial score (nSPS) is 11.0. The Morgan fingerprint density at radius 3 is 2.42 bits per heavy atom. The summed E-state index contributed by atoms with van der Waals surface area (Å²) in [5.41, 5.74) is 6.57. The summed E-state index contributed by atoms with van der Waals surface area (Å²) < 4.78 is 7.47. The minimum Gasteiger partial charge on any atom is -0.481 e. The highest BCUT2D eigenvalue weighted by Crippen LogP contribution is 2.32. The monoisotopic (exact) mass is 414 g/mol. The zero-order chi connectivity index (χ0) is 22.0. The van der Waals surface area contributed by atoms with Crippen molar-refractivity contribution >= 4 is 22.6 Å². The van der Waals surface area contributed by atoms with Gasteiger partial charge in [-0.05, 0) is 57.0 Å². The van der Waals surface area contributed by atoms with Crippen molar-refractivity contribution in [3.05, 3.63) is 77.0 Å². The van der Waals surface area contributed by atoms with Crippen LogP contribution in [0.15, 0.2) is 54.6 Å². The zero-order valence-corrected chi connectivity index (χ0v) is 18.3. The molecule has 0 saturated heterocycles. The third kappa shape index (κ3) is 4.14. The Morgan fingerprint density at radius 1 is 1.03 bits per heavy atom. The predicted molar refractivity (Wildman–Crippen MR) is 123 cm³/mol. The van der Waals surface area contributed by atoms with E-state index in [-0.39, 0.29) is 5.91 Å². The van der Waals surface area contributed by atoms with Gasteiger partial charge >= 0.3 is 0 Å². The number of benzene rings is 2. The number of carbonyl (C=O) groups is 1. The third-order valence-electron chi connectivity index (χ3n) is 5.46. The minimum absolute atomic E-state index is 0.0418. The Kier molecular flexibility index (Phi) is 5.71. The van der Waals surface area contributed by atoms with Crippen LogP contribution in [-0.2, 0) is 11.2 Å². The van der Waals surface area contributed by atoms with Crippen LogP contribution in [0.4, 0.5) is 5.69 Å². The molecular formula is C25H26N4O2. The fourth-order valence-electron chi connectivity index (χ4n) is 3.85. The molecule has 1 N–H and O–H groups in total. The second kappa shape index (κ2) is 8.60. The van der Waals surface area contributed by atoms with Crippen LogP contribution >= 0.6 is 0 Å². The first-order chi connectivity index (χ1) is 15.0. The number of aromatic nitrogens is 3. The van der Waals surface area contributed by atoms with Crippen LogP contribution in [0.3, 0.4) is 0 Å². The minimum atomic E-state index is -0.0418. The van der Waals surface area contributed by atoms with Gasteiger partial charge in [-0.3, -0.25) is 4.79 Å². The van der Waals surface area contributed by atoms with Crippen LogP contribution in [-0.4, -0.2) is 27.8 Å². The van der Waals surface area contributed by atoms with E-state index < -0.39 is 0 Å². The molecule has 0 aliphatic heterocycles. The molecule has 2 aromatic carbocycles. The van der Waals surface area contributed by atoms with E-state index >= 15 is 0 Å². The number of nitrogens with zero attached hydrogens (tertiary/aromatic N) is 3. The van der Waals surface area contributed by atoms with Gasteiger partial charge in [0, 0.05) is 23.1 Å². The van der Waals surface area contributed by atoms with Gasteiger partial charge in [-0.2, -0.15) is 10.1 Å². The van der Waals surface area contributed by atoms with E-state index in [4.69, 9.17) is 14.8 Å². The lowest BCUT2D eigenvalue weighted by Crippen LogP contribution is -2.13. The number of aryl methyl sites for hydroxylation is 3. The molecule has 31 heavy (non-hydrogen) atoms. The molecule has 0 radical (unpaired) electrons. The van der Waals surface area contributed by atoms with Gasteiger partial charge in [-0.15, -0.1) is 0 Å². The number of hydrogen-bond acceptors (Lipinski definition) is 4. The Morgan fingerprint density at radius 2 is 1.74 bits per heavy atom. The average molecular weight is 415 g/mol. The number of anilines is 1. The van der Waals surface area contributed by atoms with Crippen molar-refractivity contribution in [1.82, 2.24) is 14.8 Å². The first kappa shape index (κ1) is 20.6. The summed E-state index contributed by atoms with van der Waals surface area (Å²) in [6.45, 7) is 6.09. The summed E-state index contributed by atoms with van der Waals surface area (Å²) >= 11 is 0. The maximum Gasteiger partial charge on any atom is 0.224 e. The number of para-hydroxylation sites is 1. The quantitative estimate of drug-likeness (QED) is 0.486. The molecule has 6 nitrogen and oxygen atoms in total. The van der Waals surface area contributed by atoms with Crippen molar-refractivity contribution in [3.8, 4) is 11.6 Å².